The largest absolute Gasteiger partial charge is 0.357 e. The van der Waals surface area contributed by atoms with Gasteiger partial charge in [-0.05, 0) is 42.3 Å². The lowest BCUT2D eigenvalue weighted by molar-refractivity contribution is 0.372. The van der Waals surface area contributed by atoms with E-state index in [2.05, 4.69) is 65.0 Å². The van der Waals surface area contributed by atoms with Gasteiger partial charge in [-0.3, -0.25) is 4.99 Å². The average molecular weight is 525 g/mol. The molecule has 25 heavy (non-hydrogen) atoms. The Labute approximate surface area is 174 Å². The Kier molecular flexibility index (Phi) is 9.47. The standard InChI is InChI=1S/C16H25BrN6O.HI/c1-5-18-16(19-8-6-7-15-20-12(2)21-24-15)23(4)11-14-9-13(17)10-22(14)3;/h9-10H,5-8,11H2,1-4H3,(H,18,19);1H. The highest BCUT2D eigenvalue weighted by Crippen LogP contribution is 2.15. The Bertz CT molecular complexity index is 684. The van der Waals surface area contributed by atoms with Crippen molar-refractivity contribution in [3.05, 3.63) is 34.1 Å². The molecule has 0 aromatic carbocycles. The lowest BCUT2D eigenvalue weighted by Gasteiger charge is -2.22. The molecule has 0 aliphatic heterocycles. The second kappa shape index (κ2) is 10.8. The highest BCUT2D eigenvalue weighted by molar-refractivity contribution is 14.0. The van der Waals surface area contributed by atoms with Crippen molar-refractivity contribution in [2.75, 3.05) is 20.1 Å². The van der Waals surface area contributed by atoms with Crippen LogP contribution in [0, 0.1) is 6.92 Å². The van der Waals surface area contributed by atoms with Crippen LogP contribution in [-0.4, -0.2) is 45.7 Å². The van der Waals surface area contributed by atoms with E-state index in [9.17, 15) is 0 Å². The lowest BCUT2D eigenvalue weighted by Crippen LogP contribution is -2.38. The summed E-state index contributed by atoms with van der Waals surface area (Å²) in [5, 5.41) is 7.13. The van der Waals surface area contributed by atoms with E-state index in [1.54, 1.807) is 0 Å². The molecule has 0 saturated heterocycles. The maximum absolute atomic E-state index is 5.12. The Hall–Kier alpha value is -1.10. The molecule has 2 aromatic heterocycles. The predicted octanol–water partition coefficient (Wildman–Crippen LogP) is 3.13. The first kappa shape index (κ1) is 21.9. The van der Waals surface area contributed by atoms with Crippen LogP contribution in [0.25, 0.3) is 0 Å². The van der Waals surface area contributed by atoms with Crippen molar-refractivity contribution in [3.63, 3.8) is 0 Å². The Morgan fingerprint density at radius 1 is 1.48 bits per heavy atom. The molecule has 0 aliphatic rings. The van der Waals surface area contributed by atoms with E-state index >= 15 is 0 Å². The van der Waals surface area contributed by atoms with Crippen molar-refractivity contribution in [2.45, 2.75) is 33.2 Å². The fourth-order valence-corrected chi connectivity index (χ4v) is 2.94. The summed E-state index contributed by atoms with van der Waals surface area (Å²) in [4.78, 5) is 11.0. The van der Waals surface area contributed by atoms with Crippen LogP contribution in [0.4, 0.5) is 0 Å². The van der Waals surface area contributed by atoms with E-state index in [1.807, 2.05) is 21.0 Å². The smallest absolute Gasteiger partial charge is 0.226 e. The Morgan fingerprint density at radius 3 is 2.80 bits per heavy atom. The minimum atomic E-state index is 0. The summed E-state index contributed by atoms with van der Waals surface area (Å²) in [6, 6.07) is 2.12. The van der Waals surface area contributed by atoms with Crippen molar-refractivity contribution < 1.29 is 4.52 Å². The summed E-state index contributed by atoms with van der Waals surface area (Å²) in [5.74, 6) is 2.25. The number of rotatable bonds is 7. The van der Waals surface area contributed by atoms with Gasteiger partial charge in [-0.1, -0.05) is 5.16 Å². The molecule has 140 valence electrons. The Morgan fingerprint density at radius 2 is 2.24 bits per heavy atom. The van der Waals surface area contributed by atoms with Gasteiger partial charge >= 0.3 is 0 Å². The molecule has 0 aliphatic carbocycles. The third-order valence-electron chi connectivity index (χ3n) is 3.55. The normalized spacial score (nSPS) is 11.3. The van der Waals surface area contributed by atoms with Crippen LogP contribution >= 0.6 is 39.9 Å². The maximum Gasteiger partial charge on any atom is 0.226 e. The lowest BCUT2D eigenvalue weighted by atomic mass is 10.3. The van der Waals surface area contributed by atoms with E-state index in [-0.39, 0.29) is 24.0 Å². The summed E-state index contributed by atoms with van der Waals surface area (Å²) >= 11 is 3.51. The second-order valence-corrected chi connectivity index (χ2v) is 6.61. The molecule has 0 spiro atoms. The molecule has 0 amide bonds. The van der Waals surface area contributed by atoms with Crippen LogP contribution in [-0.2, 0) is 20.0 Å². The van der Waals surface area contributed by atoms with Crippen LogP contribution in [0.15, 0.2) is 26.3 Å². The van der Waals surface area contributed by atoms with Gasteiger partial charge in [0.05, 0.1) is 6.54 Å². The molecule has 0 saturated carbocycles. The number of halogens is 2. The number of nitrogens with one attached hydrogen (secondary N) is 1. The molecular weight excluding hydrogens is 499 g/mol. The summed E-state index contributed by atoms with van der Waals surface area (Å²) < 4.78 is 8.32. The number of aryl methyl sites for hydroxylation is 3. The number of aliphatic imine (C=N–C) groups is 1. The van der Waals surface area contributed by atoms with Gasteiger partial charge in [-0.15, -0.1) is 24.0 Å². The van der Waals surface area contributed by atoms with Crippen LogP contribution in [0.5, 0.6) is 0 Å². The van der Waals surface area contributed by atoms with Gasteiger partial charge in [0.25, 0.3) is 0 Å². The molecule has 0 fully saturated rings. The van der Waals surface area contributed by atoms with Crippen LogP contribution < -0.4 is 5.32 Å². The monoisotopic (exact) mass is 524 g/mol. The number of nitrogens with zero attached hydrogens (tertiary/aromatic N) is 5. The van der Waals surface area contributed by atoms with Gasteiger partial charge < -0.3 is 19.3 Å². The van der Waals surface area contributed by atoms with Crippen molar-refractivity contribution in [2.24, 2.45) is 12.0 Å². The highest BCUT2D eigenvalue weighted by Gasteiger charge is 2.09. The van der Waals surface area contributed by atoms with Gasteiger partial charge in [-0.25, -0.2) is 0 Å². The van der Waals surface area contributed by atoms with E-state index in [0.29, 0.717) is 18.3 Å². The molecular formula is C16H26BrIN6O. The first-order valence-corrected chi connectivity index (χ1v) is 8.88. The second-order valence-electron chi connectivity index (χ2n) is 5.69. The number of guanidine groups is 1. The van der Waals surface area contributed by atoms with Gasteiger partial charge in [0.2, 0.25) is 5.89 Å². The quantitative estimate of drug-likeness (QED) is 0.261. The van der Waals surface area contributed by atoms with Gasteiger partial charge in [0, 0.05) is 50.0 Å². The average Bonchev–Trinajstić information content (AvgIpc) is 3.07. The molecule has 2 aromatic rings. The van der Waals surface area contributed by atoms with Crippen molar-refractivity contribution in [1.29, 1.82) is 0 Å². The molecule has 0 radical (unpaired) electrons. The summed E-state index contributed by atoms with van der Waals surface area (Å²) in [6.45, 7) is 6.24. The number of hydrogen-bond acceptors (Lipinski definition) is 4. The van der Waals surface area contributed by atoms with Crippen LogP contribution in [0.2, 0.25) is 0 Å². The van der Waals surface area contributed by atoms with E-state index in [1.165, 1.54) is 5.69 Å². The SMILES string of the molecule is CCNC(=NCCCc1nc(C)no1)N(C)Cc1cc(Br)cn1C.I. The van der Waals surface area contributed by atoms with E-state index < -0.39 is 0 Å². The van der Waals surface area contributed by atoms with Crippen molar-refractivity contribution in [1.82, 2.24) is 24.9 Å². The third kappa shape index (κ3) is 6.96. The predicted molar refractivity (Wildman–Crippen MR) is 113 cm³/mol. The number of hydrogen-bond donors (Lipinski definition) is 1. The maximum atomic E-state index is 5.12. The third-order valence-corrected chi connectivity index (χ3v) is 3.98. The summed E-state index contributed by atoms with van der Waals surface area (Å²) in [6.07, 6.45) is 3.68. The molecule has 0 atom stereocenters. The molecule has 7 nitrogen and oxygen atoms in total. The molecule has 1 N–H and O–H groups in total. The molecule has 9 heteroatoms. The van der Waals surface area contributed by atoms with Crippen LogP contribution in [0.1, 0.15) is 30.8 Å². The van der Waals surface area contributed by atoms with Crippen molar-refractivity contribution >= 4 is 45.9 Å². The fourth-order valence-electron chi connectivity index (χ4n) is 2.37. The number of aromatic nitrogens is 3. The van der Waals surface area contributed by atoms with Crippen LogP contribution in [0.3, 0.4) is 0 Å². The van der Waals surface area contributed by atoms with E-state index in [0.717, 1.165) is 36.4 Å². The zero-order chi connectivity index (χ0) is 17.5. The summed E-state index contributed by atoms with van der Waals surface area (Å²) in [7, 11) is 4.09. The van der Waals surface area contributed by atoms with Gasteiger partial charge in [-0.2, -0.15) is 4.98 Å². The minimum absolute atomic E-state index is 0. The van der Waals surface area contributed by atoms with E-state index in [4.69, 9.17) is 4.52 Å². The molecule has 0 bridgehead atoms. The van der Waals surface area contributed by atoms with Crippen molar-refractivity contribution in [3.8, 4) is 0 Å². The van der Waals surface area contributed by atoms with Gasteiger partial charge in [0.15, 0.2) is 11.8 Å². The topological polar surface area (TPSA) is 71.5 Å². The molecule has 2 heterocycles. The first-order valence-electron chi connectivity index (χ1n) is 8.09. The highest BCUT2D eigenvalue weighted by atomic mass is 127. The summed E-state index contributed by atoms with van der Waals surface area (Å²) in [5.41, 5.74) is 1.22. The zero-order valence-corrected chi connectivity index (χ0v) is 19.0. The fraction of sp³-hybridized carbons (Fsp3) is 0.562. The Balaban J connectivity index is 0.00000312. The first-order chi connectivity index (χ1) is 11.5. The van der Waals surface area contributed by atoms with Gasteiger partial charge in [0.1, 0.15) is 0 Å². The molecule has 0 unspecified atom stereocenters. The minimum Gasteiger partial charge on any atom is -0.357 e. The zero-order valence-electron chi connectivity index (χ0n) is 15.1. The molecule has 2 rings (SSSR count).